The maximum atomic E-state index is 11.9. The van der Waals surface area contributed by atoms with E-state index in [-0.39, 0.29) is 12.3 Å². The Morgan fingerprint density at radius 1 is 1.50 bits per heavy atom. The van der Waals surface area contributed by atoms with Crippen LogP contribution in [0.15, 0.2) is 0 Å². The summed E-state index contributed by atoms with van der Waals surface area (Å²) in [7, 11) is 0. The first-order chi connectivity index (χ1) is 9.34. The van der Waals surface area contributed by atoms with Gasteiger partial charge >= 0.3 is 11.8 Å². The summed E-state index contributed by atoms with van der Waals surface area (Å²) in [5, 5.41) is 11.0. The maximum Gasteiger partial charge on any atom is 0.386 e. The summed E-state index contributed by atoms with van der Waals surface area (Å²) in [6.07, 6.45) is 0. The highest BCUT2D eigenvalue weighted by Crippen LogP contribution is 2.28. The average Bonchev–Trinajstić information content (AvgIpc) is 2.66. The molecule has 2 N–H and O–H groups in total. The smallest absolute Gasteiger partial charge is 0.386 e. The van der Waals surface area contributed by atoms with Gasteiger partial charge in [0.15, 0.2) is 5.92 Å². The molecule has 0 aromatic carbocycles. The van der Waals surface area contributed by atoms with Crippen LogP contribution in [0.1, 0.15) is 31.3 Å². The maximum absolute atomic E-state index is 11.9. The second kappa shape index (κ2) is 6.13. The zero-order chi connectivity index (χ0) is 15.4. The molecule has 0 fully saturated rings. The minimum atomic E-state index is -1.54. The third-order valence-electron chi connectivity index (χ3n) is 2.75. The van der Waals surface area contributed by atoms with Crippen molar-refractivity contribution in [2.45, 2.75) is 33.2 Å². The highest BCUT2D eigenvalue weighted by atomic mass is 16.6. The summed E-state index contributed by atoms with van der Waals surface area (Å²) in [4.78, 5) is 37.4. The van der Waals surface area contributed by atoms with E-state index in [1.165, 1.54) is 4.57 Å². The van der Waals surface area contributed by atoms with Crippen LogP contribution < -0.4 is 5.73 Å². The van der Waals surface area contributed by atoms with Gasteiger partial charge in [-0.1, -0.05) is 0 Å². The molecule has 0 aliphatic heterocycles. The first kappa shape index (κ1) is 15.6. The van der Waals surface area contributed by atoms with Crippen molar-refractivity contribution in [2.24, 2.45) is 5.73 Å². The lowest BCUT2D eigenvalue weighted by molar-refractivity contribution is -0.390. The van der Waals surface area contributed by atoms with Gasteiger partial charge in [0.25, 0.3) is 0 Å². The van der Waals surface area contributed by atoms with Crippen LogP contribution in [0.25, 0.3) is 0 Å². The van der Waals surface area contributed by atoms with Crippen LogP contribution in [0.4, 0.5) is 5.82 Å². The summed E-state index contributed by atoms with van der Waals surface area (Å²) in [5.41, 5.74) is 5.06. The van der Waals surface area contributed by atoms with E-state index >= 15 is 0 Å². The third kappa shape index (κ3) is 2.76. The second-order valence-corrected chi connectivity index (χ2v) is 3.96. The molecule has 1 rings (SSSR count). The molecule has 0 saturated carbocycles. The largest absolute Gasteiger partial charge is 0.465 e. The molecule has 0 aliphatic rings. The van der Waals surface area contributed by atoms with Crippen molar-refractivity contribution in [1.82, 2.24) is 9.55 Å². The Morgan fingerprint density at radius 3 is 2.50 bits per heavy atom. The lowest BCUT2D eigenvalue weighted by Crippen LogP contribution is -2.32. The lowest BCUT2D eigenvalue weighted by atomic mass is 10.0. The quantitative estimate of drug-likeness (QED) is 0.345. The van der Waals surface area contributed by atoms with Gasteiger partial charge in [0, 0.05) is 13.5 Å². The van der Waals surface area contributed by atoms with E-state index in [4.69, 9.17) is 10.5 Å². The first-order valence-corrected chi connectivity index (χ1v) is 6.02. The van der Waals surface area contributed by atoms with Crippen molar-refractivity contribution in [3.63, 3.8) is 0 Å². The molecule has 20 heavy (non-hydrogen) atoms. The summed E-state index contributed by atoms with van der Waals surface area (Å²) in [5.74, 6) is -3.71. The highest BCUT2D eigenvalue weighted by Gasteiger charge is 2.39. The molecule has 0 bridgehead atoms. The zero-order valence-electron chi connectivity index (χ0n) is 11.5. The van der Waals surface area contributed by atoms with Gasteiger partial charge in [0.05, 0.1) is 6.61 Å². The molecule has 0 saturated heterocycles. The van der Waals surface area contributed by atoms with Crippen molar-refractivity contribution in [3.05, 3.63) is 21.6 Å². The summed E-state index contributed by atoms with van der Waals surface area (Å²) in [6, 6.07) is 0. The molecular formula is C11H16N4O5. The molecule has 1 aromatic rings. The minimum Gasteiger partial charge on any atom is -0.465 e. The number of aromatic nitrogens is 2. The van der Waals surface area contributed by atoms with Gasteiger partial charge < -0.3 is 25.2 Å². The van der Waals surface area contributed by atoms with Crippen LogP contribution in [0, 0.1) is 17.0 Å². The van der Waals surface area contributed by atoms with E-state index < -0.39 is 28.5 Å². The van der Waals surface area contributed by atoms with Crippen molar-refractivity contribution in [3.8, 4) is 0 Å². The fourth-order valence-corrected chi connectivity index (χ4v) is 1.97. The number of aryl methyl sites for hydroxylation is 1. The Kier molecular flexibility index (Phi) is 4.78. The number of ether oxygens (including phenoxy) is 1. The van der Waals surface area contributed by atoms with Crippen molar-refractivity contribution >= 4 is 17.7 Å². The molecule has 0 spiro atoms. The first-order valence-electron chi connectivity index (χ1n) is 6.02. The van der Waals surface area contributed by atoms with E-state index in [0.29, 0.717) is 12.4 Å². The van der Waals surface area contributed by atoms with E-state index in [1.807, 2.05) is 0 Å². The Labute approximate surface area is 114 Å². The molecule has 110 valence electrons. The van der Waals surface area contributed by atoms with Crippen molar-refractivity contribution in [2.75, 3.05) is 6.61 Å². The van der Waals surface area contributed by atoms with Crippen LogP contribution in [-0.2, 0) is 20.9 Å². The molecule has 1 aromatic heterocycles. The van der Waals surface area contributed by atoms with Gasteiger partial charge in [-0.05, 0) is 23.8 Å². The number of imidazole rings is 1. The number of nitrogens with two attached hydrogens (primary N) is 1. The normalized spacial score (nSPS) is 11.9. The molecule has 9 nitrogen and oxygen atoms in total. The van der Waals surface area contributed by atoms with Crippen molar-refractivity contribution in [1.29, 1.82) is 0 Å². The molecule has 0 aliphatic carbocycles. The Hall–Kier alpha value is -2.45. The number of nitrogens with zero attached hydrogens (tertiary/aromatic N) is 3. The number of primary amides is 1. The Balaban J connectivity index is 3.49. The number of hydrogen-bond acceptors (Lipinski definition) is 6. The topological polar surface area (TPSA) is 130 Å². The zero-order valence-corrected chi connectivity index (χ0v) is 11.5. The fraction of sp³-hybridized carbons (Fsp3) is 0.545. The monoisotopic (exact) mass is 284 g/mol. The van der Waals surface area contributed by atoms with Crippen LogP contribution >= 0.6 is 0 Å². The van der Waals surface area contributed by atoms with Gasteiger partial charge in [-0.3, -0.25) is 9.59 Å². The molecule has 0 radical (unpaired) electrons. The van der Waals surface area contributed by atoms with E-state index in [9.17, 15) is 19.7 Å². The Bertz CT molecular complexity index is 551. The number of carbonyl (C=O) groups is 2. The van der Waals surface area contributed by atoms with Gasteiger partial charge in [-0.2, -0.15) is 0 Å². The van der Waals surface area contributed by atoms with Crippen LogP contribution in [0.5, 0.6) is 0 Å². The molecule has 1 unspecified atom stereocenters. The molecule has 1 heterocycles. The predicted octanol–water partition coefficient (Wildman–Crippen LogP) is 0.252. The second-order valence-electron chi connectivity index (χ2n) is 3.96. The van der Waals surface area contributed by atoms with Gasteiger partial charge in [-0.25, -0.2) is 0 Å². The third-order valence-corrected chi connectivity index (χ3v) is 2.75. The van der Waals surface area contributed by atoms with Gasteiger partial charge in [0.2, 0.25) is 11.7 Å². The average molecular weight is 284 g/mol. The SMILES string of the molecule is CCOC(=O)C(C(N)=O)c1c([N+](=O)[O-])nc(C)n1CC. The molecule has 9 heteroatoms. The summed E-state index contributed by atoms with van der Waals surface area (Å²) in [6.45, 7) is 5.17. The van der Waals surface area contributed by atoms with E-state index in [0.717, 1.165) is 0 Å². The summed E-state index contributed by atoms with van der Waals surface area (Å²) < 4.78 is 6.17. The Morgan fingerprint density at radius 2 is 2.10 bits per heavy atom. The van der Waals surface area contributed by atoms with Crippen LogP contribution in [0.3, 0.4) is 0 Å². The molecular weight excluding hydrogens is 268 g/mol. The number of hydrogen-bond donors (Lipinski definition) is 1. The highest BCUT2D eigenvalue weighted by molar-refractivity contribution is 6.03. The van der Waals surface area contributed by atoms with Crippen LogP contribution in [-0.4, -0.2) is 33.0 Å². The number of nitro groups is 1. The lowest BCUT2D eigenvalue weighted by Gasteiger charge is -2.13. The molecule has 1 atom stereocenters. The number of amides is 1. The number of carbonyl (C=O) groups excluding carboxylic acids is 2. The van der Waals surface area contributed by atoms with Gasteiger partial charge in [-0.15, -0.1) is 0 Å². The summed E-state index contributed by atoms with van der Waals surface area (Å²) >= 11 is 0. The van der Waals surface area contributed by atoms with E-state index in [2.05, 4.69) is 4.98 Å². The predicted molar refractivity (Wildman–Crippen MR) is 67.9 cm³/mol. The fourth-order valence-electron chi connectivity index (χ4n) is 1.97. The van der Waals surface area contributed by atoms with Crippen LogP contribution in [0.2, 0.25) is 0 Å². The van der Waals surface area contributed by atoms with Gasteiger partial charge in [0.1, 0.15) is 5.69 Å². The standard InChI is InChI=1S/C11H16N4O5/c1-4-14-6(3)13-10(15(18)19)8(14)7(9(12)16)11(17)20-5-2/h7H,4-5H2,1-3H3,(H2,12,16). The van der Waals surface area contributed by atoms with Crippen molar-refractivity contribution < 1.29 is 19.2 Å². The number of esters is 1. The number of rotatable bonds is 6. The van der Waals surface area contributed by atoms with E-state index in [1.54, 1.807) is 20.8 Å². The molecule has 1 amide bonds. The minimum absolute atomic E-state index is 0.0374.